The summed E-state index contributed by atoms with van der Waals surface area (Å²) < 4.78 is 44.5. The lowest BCUT2D eigenvalue weighted by Crippen LogP contribution is -2.35. The summed E-state index contributed by atoms with van der Waals surface area (Å²) in [5.74, 6) is 2.06. The van der Waals surface area contributed by atoms with Crippen molar-refractivity contribution in [3.8, 4) is 11.5 Å². The van der Waals surface area contributed by atoms with Crippen molar-refractivity contribution in [2.24, 2.45) is 17.6 Å². The molecular formula is C23H29FN6O3S. The number of nitrogens with one attached hydrogen (secondary N) is 1. The van der Waals surface area contributed by atoms with Crippen molar-refractivity contribution in [1.82, 2.24) is 15.2 Å². The lowest BCUT2D eigenvalue weighted by molar-refractivity contribution is 0.355. The quantitative estimate of drug-likeness (QED) is 0.470. The highest BCUT2D eigenvalue weighted by atomic mass is 32.2. The van der Waals surface area contributed by atoms with E-state index in [9.17, 15) is 12.8 Å². The summed E-state index contributed by atoms with van der Waals surface area (Å²) in [6.07, 6.45) is 2.62. The molecule has 3 aromatic rings. The van der Waals surface area contributed by atoms with E-state index in [1.54, 1.807) is 31.2 Å². The number of pyridine rings is 1. The molecule has 1 aliphatic carbocycles. The van der Waals surface area contributed by atoms with E-state index < -0.39 is 15.6 Å². The molecule has 1 aromatic carbocycles. The number of aromatic nitrogens is 3. The standard InChI is InChI=1S/C23H29FN6O3S/c1-14-9-17(14)13-26-19-10-16(11-20(27-19)30(3)34(4,31)32)21-28-29-22(33-21)23(2,25)12-15-5-7-18(24)8-6-15/h5-8,10-11,14,17H,9,12-13,25H2,1-4H3,(H,26,27)/t14?,17?,23-/m1/s1. The molecule has 2 heterocycles. The lowest BCUT2D eigenvalue weighted by Gasteiger charge is -2.20. The molecule has 4 rings (SSSR count). The summed E-state index contributed by atoms with van der Waals surface area (Å²) in [5, 5.41) is 11.6. The van der Waals surface area contributed by atoms with Gasteiger partial charge in [0.1, 0.15) is 17.5 Å². The van der Waals surface area contributed by atoms with Gasteiger partial charge in [0, 0.05) is 19.2 Å². The number of nitrogens with zero attached hydrogens (tertiary/aromatic N) is 4. The molecule has 3 atom stereocenters. The van der Waals surface area contributed by atoms with Crippen molar-refractivity contribution in [2.75, 3.05) is 29.5 Å². The number of halogens is 1. The van der Waals surface area contributed by atoms with E-state index in [0.717, 1.165) is 29.1 Å². The van der Waals surface area contributed by atoms with Crippen molar-refractivity contribution in [2.45, 2.75) is 32.2 Å². The second-order valence-electron chi connectivity index (χ2n) is 9.32. The Morgan fingerprint density at radius 2 is 1.94 bits per heavy atom. The zero-order chi connectivity index (χ0) is 24.7. The van der Waals surface area contributed by atoms with Gasteiger partial charge < -0.3 is 15.5 Å². The normalized spacial score (nSPS) is 19.5. The van der Waals surface area contributed by atoms with Crippen LogP contribution in [-0.2, 0) is 22.0 Å². The van der Waals surface area contributed by atoms with E-state index in [2.05, 4.69) is 27.4 Å². The van der Waals surface area contributed by atoms with Crippen LogP contribution in [0, 0.1) is 17.7 Å². The van der Waals surface area contributed by atoms with Crippen LogP contribution in [0.5, 0.6) is 0 Å². The molecule has 9 nitrogen and oxygen atoms in total. The number of anilines is 2. The summed E-state index contributed by atoms with van der Waals surface area (Å²) in [5.41, 5.74) is 6.81. The summed E-state index contributed by atoms with van der Waals surface area (Å²) in [7, 11) is -2.09. The van der Waals surface area contributed by atoms with Crippen LogP contribution < -0.4 is 15.4 Å². The minimum Gasteiger partial charge on any atom is -0.419 e. The van der Waals surface area contributed by atoms with Crippen LogP contribution in [0.3, 0.4) is 0 Å². The molecule has 2 aromatic heterocycles. The third-order valence-corrected chi connectivity index (χ3v) is 7.28. The lowest BCUT2D eigenvalue weighted by atomic mass is 9.94. The smallest absolute Gasteiger partial charge is 0.248 e. The van der Waals surface area contributed by atoms with Crippen molar-refractivity contribution < 1.29 is 17.2 Å². The minimum atomic E-state index is -3.53. The zero-order valence-corrected chi connectivity index (χ0v) is 20.4. The van der Waals surface area contributed by atoms with Crippen LogP contribution in [0.4, 0.5) is 16.0 Å². The Morgan fingerprint density at radius 1 is 1.26 bits per heavy atom. The fraction of sp³-hybridized carbons (Fsp3) is 0.435. The molecule has 0 aliphatic heterocycles. The van der Waals surface area contributed by atoms with Gasteiger partial charge in [0.05, 0.1) is 11.8 Å². The van der Waals surface area contributed by atoms with Gasteiger partial charge in [-0.1, -0.05) is 19.1 Å². The van der Waals surface area contributed by atoms with E-state index in [1.807, 2.05) is 0 Å². The van der Waals surface area contributed by atoms with E-state index in [1.165, 1.54) is 19.2 Å². The summed E-state index contributed by atoms with van der Waals surface area (Å²) >= 11 is 0. The third-order valence-electron chi connectivity index (χ3n) is 6.10. The summed E-state index contributed by atoms with van der Waals surface area (Å²) in [6, 6.07) is 9.39. The highest BCUT2D eigenvalue weighted by molar-refractivity contribution is 7.92. The second kappa shape index (κ2) is 8.95. The molecule has 2 unspecified atom stereocenters. The van der Waals surface area contributed by atoms with Crippen LogP contribution in [0.25, 0.3) is 11.5 Å². The molecule has 3 N–H and O–H groups in total. The van der Waals surface area contributed by atoms with Crippen molar-refractivity contribution in [3.63, 3.8) is 0 Å². The molecule has 182 valence electrons. The van der Waals surface area contributed by atoms with Gasteiger partial charge >= 0.3 is 0 Å². The number of nitrogens with two attached hydrogens (primary N) is 1. The van der Waals surface area contributed by atoms with Gasteiger partial charge in [0.2, 0.25) is 21.8 Å². The third kappa shape index (κ3) is 5.53. The SMILES string of the molecule is CC1CC1CNc1cc(-c2nnc([C@](C)(N)Cc3ccc(F)cc3)o2)cc(N(C)S(C)(=O)=O)n1. The molecule has 1 saturated carbocycles. The second-order valence-corrected chi connectivity index (χ2v) is 11.3. The van der Waals surface area contributed by atoms with Gasteiger partial charge in [-0.15, -0.1) is 10.2 Å². The summed E-state index contributed by atoms with van der Waals surface area (Å²) in [4.78, 5) is 4.46. The fourth-order valence-electron chi connectivity index (χ4n) is 3.65. The monoisotopic (exact) mass is 488 g/mol. The van der Waals surface area contributed by atoms with Gasteiger partial charge in [-0.2, -0.15) is 0 Å². The minimum absolute atomic E-state index is 0.194. The van der Waals surface area contributed by atoms with E-state index in [4.69, 9.17) is 10.2 Å². The zero-order valence-electron chi connectivity index (χ0n) is 19.6. The van der Waals surface area contributed by atoms with Gasteiger partial charge in [-0.3, -0.25) is 4.31 Å². The fourth-order valence-corrected chi connectivity index (χ4v) is 4.09. The van der Waals surface area contributed by atoms with Crippen LogP contribution in [0.2, 0.25) is 0 Å². The Morgan fingerprint density at radius 3 is 2.56 bits per heavy atom. The maximum atomic E-state index is 13.2. The Balaban J connectivity index is 1.62. The Labute approximate surface area is 198 Å². The average Bonchev–Trinajstić information content (AvgIpc) is 3.24. The molecule has 0 saturated heterocycles. The Hall–Kier alpha value is -3.05. The van der Waals surface area contributed by atoms with Gasteiger partial charge in [-0.25, -0.2) is 17.8 Å². The number of sulfonamides is 1. The molecule has 1 fully saturated rings. The van der Waals surface area contributed by atoms with Crippen molar-refractivity contribution in [1.29, 1.82) is 0 Å². The van der Waals surface area contributed by atoms with E-state index in [-0.39, 0.29) is 23.4 Å². The Kier molecular flexibility index (Phi) is 6.34. The molecule has 0 spiro atoms. The first kappa shape index (κ1) is 24.1. The molecule has 1 aliphatic rings. The molecule has 0 bridgehead atoms. The van der Waals surface area contributed by atoms with Crippen LogP contribution in [-0.4, -0.2) is 43.4 Å². The number of benzene rings is 1. The topological polar surface area (TPSA) is 127 Å². The van der Waals surface area contributed by atoms with Gasteiger partial charge in [-0.05, 0) is 61.4 Å². The van der Waals surface area contributed by atoms with Crippen molar-refractivity contribution >= 4 is 21.7 Å². The highest BCUT2D eigenvalue weighted by Crippen LogP contribution is 2.38. The molecule has 0 radical (unpaired) electrons. The van der Waals surface area contributed by atoms with Gasteiger partial charge in [0.15, 0.2) is 0 Å². The maximum Gasteiger partial charge on any atom is 0.248 e. The van der Waals surface area contributed by atoms with Crippen LogP contribution >= 0.6 is 0 Å². The molecule has 11 heteroatoms. The van der Waals surface area contributed by atoms with Crippen LogP contribution in [0.15, 0.2) is 40.8 Å². The first-order valence-corrected chi connectivity index (χ1v) is 12.8. The summed E-state index contributed by atoms with van der Waals surface area (Å²) in [6.45, 7) is 4.69. The maximum absolute atomic E-state index is 13.2. The van der Waals surface area contributed by atoms with E-state index >= 15 is 0 Å². The molecular weight excluding hydrogens is 459 g/mol. The number of rotatable bonds is 9. The molecule has 34 heavy (non-hydrogen) atoms. The first-order valence-electron chi connectivity index (χ1n) is 11.0. The number of hydrogen-bond acceptors (Lipinski definition) is 8. The predicted molar refractivity (Wildman–Crippen MR) is 128 cm³/mol. The van der Waals surface area contributed by atoms with Gasteiger partial charge in [0.25, 0.3) is 0 Å². The molecule has 0 amide bonds. The average molecular weight is 489 g/mol. The number of hydrogen-bond donors (Lipinski definition) is 2. The largest absolute Gasteiger partial charge is 0.419 e. The first-order chi connectivity index (χ1) is 15.9. The van der Waals surface area contributed by atoms with Crippen LogP contribution in [0.1, 0.15) is 31.7 Å². The Bertz CT molecular complexity index is 1280. The highest BCUT2D eigenvalue weighted by Gasteiger charge is 2.32. The van der Waals surface area contributed by atoms with Crippen molar-refractivity contribution in [3.05, 3.63) is 53.7 Å². The predicted octanol–water partition coefficient (Wildman–Crippen LogP) is 3.15. The van der Waals surface area contributed by atoms with E-state index in [0.29, 0.717) is 29.6 Å².